The molecule has 1 saturated carbocycles. The third kappa shape index (κ3) is 6.51. The van der Waals surface area contributed by atoms with Gasteiger partial charge in [0, 0.05) is 50.9 Å². The lowest BCUT2D eigenvalue weighted by Gasteiger charge is -2.42. The van der Waals surface area contributed by atoms with Crippen molar-refractivity contribution in [3.05, 3.63) is 24.7 Å². The van der Waals surface area contributed by atoms with Crippen LogP contribution in [0.1, 0.15) is 32.6 Å². The highest BCUT2D eigenvalue weighted by Gasteiger charge is 2.48. The molecule has 1 saturated heterocycles. The van der Waals surface area contributed by atoms with Crippen LogP contribution in [0, 0.1) is 0 Å². The number of anilines is 2. The molecule has 2 aromatic rings. The number of likely N-dealkylation sites (N-methyl/N-ethyl adjacent to an activating group) is 1. The maximum atomic E-state index is 14.9. The molecule has 1 aliphatic carbocycles. The fourth-order valence-electron chi connectivity index (χ4n) is 4.40. The Hall–Kier alpha value is -3.88. The molecule has 2 fully saturated rings. The minimum atomic E-state index is -3.17. The highest BCUT2D eigenvalue weighted by atomic mass is 19.3. The summed E-state index contributed by atoms with van der Waals surface area (Å²) in [4.78, 5) is 43.8. The minimum Gasteiger partial charge on any atom is -0.477 e. The van der Waals surface area contributed by atoms with E-state index in [9.17, 15) is 18.4 Å². The molecule has 1 aliphatic heterocycles. The van der Waals surface area contributed by atoms with Crippen LogP contribution in [0.2, 0.25) is 0 Å². The number of carbonyl (C=O) groups excluding carboxylic acids is 2. The summed E-state index contributed by atoms with van der Waals surface area (Å²) in [6.45, 7) is 1.88. The first-order valence-corrected chi connectivity index (χ1v) is 12.3. The van der Waals surface area contributed by atoms with Gasteiger partial charge in [0.2, 0.25) is 17.7 Å². The number of rotatable bonds is 7. The largest absolute Gasteiger partial charge is 0.477 e. The molecule has 0 radical (unpaired) electrons. The Morgan fingerprint density at radius 2 is 2.05 bits per heavy atom. The monoisotopic (exact) mass is 535 g/mol. The average Bonchev–Trinajstić information content (AvgIpc) is 3.28. The summed E-state index contributed by atoms with van der Waals surface area (Å²) in [7, 11) is 1.28. The third-order valence-corrected chi connectivity index (χ3v) is 6.51. The lowest BCUT2D eigenvalue weighted by atomic mass is 10.00. The van der Waals surface area contributed by atoms with Crippen LogP contribution in [-0.2, 0) is 0 Å². The second-order valence-corrected chi connectivity index (χ2v) is 9.12. The van der Waals surface area contributed by atoms with E-state index in [-0.39, 0.29) is 48.7 Å². The van der Waals surface area contributed by atoms with Crippen LogP contribution in [0.4, 0.5) is 30.1 Å². The van der Waals surface area contributed by atoms with E-state index in [1.54, 1.807) is 6.92 Å². The number of ether oxygens (including phenoxy) is 2. The second kappa shape index (κ2) is 11.7. The van der Waals surface area contributed by atoms with Crippen molar-refractivity contribution in [3.63, 3.8) is 0 Å². The first-order chi connectivity index (χ1) is 18.2. The van der Waals surface area contributed by atoms with Crippen LogP contribution in [0.25, 0.3) is 0 Å². The molecule has 4 N–H and O–H groups in total. The Morgan fingerprint density at radius 3 is 2.74 bits per heavy atom. The number of nitrogens with one attached hydrogen (secondary N) is 2. The van der Waals surface area contributed by atoms with Crippen LogP contribution in [0.15, 0.2) is 24.7 Å². The molecule has 3 atom stereocenters. The molecule has 2 aliphatic rings. The van der Waals surface area contributed by atoms with Gasteiger partial charge in [0.05, 0.1) is 19.0 Å². The molecule has 4 rings (SSSR count). The van der Waals surface area contributed by atoms with Gasteiger partial charge < -0.3 is 30.3 Å². The maximum Gasteiger partial charge on any atom is 0.414 e. The van der Waals surface area contributed by atoms with Gasteiger partial charge >= 0.3 is 12.1 Å². The first-order valence-electron chi connectivity index (χ1n) is 12.3. The van der Waals surface area contributed by atoms with Crippen LogP contribution in [0.3, 0.4) is 0 Å². The van der Waals surface area contributed by atoms with Gasteiger partial charge in [-0.3, -0.25) is 5.32 Å². The SMILES string of the molecule is CCOc1cnc(NC(=O)N(C)[C@H]2CN(c3nccc(OC(=O)N[C@H]4CCC[C@@H]4N)n3)CCC2(F)F)cn1. The summed E-state index contributed by atoms with van der Waals surface area (Å²) in [6.07, 6.45) is 5.24. The number of hydrogen-bond donors (Lipinski definition) is 3. The molecule has 13 nitrogen and oxygen atoms in total. The normalized spacial score (nSPS) is 22.4. The predicted molar refractivity (Wildman–Crippen MR) is 132 cm³/mol. The summed E-state index contributed by atoms with van der Waals surface area (Å²) in [5.74, 6) is -2.74. The van der Waals surface area contributed by atoms with Crippen molar-refractivity contribution >= 4 is 23.9 Å². The van der Waals surface area contributed by atoms with E-state index in [1.807, 2.05) is 0 Å². The average molecular weight is 536 g/mol. The second-order valence-electron chi connectivity index (χ2n) is 9.12. The highest BCUT2D eigenvalue weighted by Crippen LogP contribution is 2.33. The van der Waals surface area contributed by atoms with E-state index in [4.69, 9.17) is 15.2 Å². The van der Waals surface area contributed by atoms with Gasteiger partial charge in [-0.1, -0.05) is 0 Å². The third-order valence-electron chi connectivity index (χ3n) is 6.51. The van der Waals surface area contributed by atoms with Crippen LogP contribution in [0.5, 0.6) is 11.8 Å². The van der Waals surface area contributed by atoms with Gasteiger partial charge in [0.15, 0.2) is 5.82 Å². The minimum absolute atomic E-state index is 0.0341. The van der Waals surface area contributed by atoms with Crippen molar-refractivity contribution in [2.24, 2.45) is 5.73 Å². The van der Waals surface area contributed by atoms with Gasteiger partial charge in [-0.2, -0.15) is 4.98 Å². The number of nitrogens with two attached hydrogens (primary N) is 1. The van der Waals surface area contributed by atoms with E-state index >= 15 is 0 Å². The topological polar surface area (TPSA) is 161 Å². The zero-order chi connectivity index (χ0) is 27.3. The Bertz CT molecular complexity index is 1120. The Balaban J connectivity index is 1.39. The van der Waals surface area contributed by atoms with Gasteiger partial charge in [-0.05, 0) is 26.2 Å². The quantitative estimate of drug-likeness (QED) is 0.478. The Kier molecular flexibility index (Phi) is 8.34. The van der Waals surface area contributed by atoms with Crippen molar-refractivity contribution in [1.29, 1.82) is 0 Å². The van der Waals surface area contributed by atoms with Gasteiger partial charge in [0.25, 0.3) is 5.92 Å². The van der Waals surface area contributed by atoms with Gasteiger partial charge in [-0.25, -0.2) is 33.3 Å². The number of urea groups is 1. The van der Waals surface area contributed by atoms with Gasteiger partial charge in [0.1, 0.15) is 6.04 Å². The Labute approximate surface area is 218 Å². The number of aromatic nitrogens is 4. The molecule has 0 aromatic carbocycles. The summed E-state index contributed by atoms with van der Waals surface area (Å²) < 4.78 is 40.3. The molecule has 3 heterocycles. The van der Waals surface area contributed by atoms with Crippen molar-refractivity contribution in [2.45, 2.75) is 56.7 Å². The first kappa shape index (κ1) is 27.2. The molecular formula is C23H31F2N9O4. The number of halogens is 2. The molecule has 0 unspecified atom stereocenters. The molecule has 15 heteroatoms. The van der Waals surface area contributed by atoms with Gasteiger partial charge in [-0.15, -0.1) is 0 Å². The van der Waals surface area contributed by atoms with Crippen LogP contribution >= 0.6 is 0 Å². The van der Waals surface area contributed by atoms with E-state index in [0.29, 0.717) is 6.61 Å². The highest BCUT2D eigenvalue weighted by molar-refractivity contribution is 5.88. The van der Waals surface area contributed by atoms with Crippen molar-refractivity contribution < 1.29 is 27.8 Å². The van der Waals surface area contributed by atoms with E-state index < -0.39 is 30.5 Å². The number of amides is 3. The number of alkyl halides is 2. The molecular weight excluding hydrogens is 504 g/mol. The fourth-order valence-corrected chi connectivity index (χ4v) is 4.40. The van der Waals surface area contributed by atoms with Crippen molar-refractivity contribution in [1.82, 2.24) is 30.2 Å². The summed E-state index contributed by atoms with van der Waals surface area (Å²) in [5, 5.41) is 5.19. The standard InChI is InChI=1S/C23H31F2N9O4/c1-3-37-19-12-28-17(11-29-19)31-21(35)33(2)16-13-34(10-8-23(16,24)25)20-27-9-7-18(32-20)38-22(36)30-15-6-4-5-14(15)26/h7,9,11-12,14-16H,3-6,8,10,13,26H2,1-2H3,(H,30,36)(H,28,31,35)/t14-,15-,16-/m0/s1. The lowest BCUT2D eigenvalue weighted by molar-refractivity contribution is -0.0760. The number of carbonyl (C=O) groups is 2. The predicted octanol–water partition coefficient (Wildman–Crippen LogP) is 2.01. The van der Waals surface area contributed by atoms with Crippen molar-refractivity contribution in [3.8, 4) is 11.8 Å². The summed E-state index contributed by atoms with van der Waals surface area (Å²) in [5.41, 5.74) is 5.98. The Morgan fingerprint density at radius 1 is 1.24 bits per heavy atom. The van der Waals surface area contributed by atoms with E-state index in [0.717, 1.165) is 24.2 Å². The fraction of sp³-hybridized carbons (Fsp3) is 0.565. The summed E-state index contributed by atoms with van der Waals surface area (Å²) in [6, 6.07) is -1.19. The molecule has 2 aromatic heterocycles. The molecule has 0 spiro atoms. The van der Waals surface area contributed by atoms with E-state index in [2.05, 4.69) is 30.6 Å². The number of nitrogens with zero attached hydrogens (tertiary/aromatic N) is 6. The van der Waals surface area contributed by atoms with Crippen LogP contribution in [-0.4, -0.2) is 87.8 Å². The maximum absolute atomic E-state index is 14.9. The molecule has 0 bridgehead atoms. The lowest BCUT2D eigenvalue weighted by Crippen LogP contribution is -2.60. The number of piperidine rings is 1. The molecule has 3 amide bonds. The molecule has 38 heavy (non-hydrogen) atoms. The van der Waals surface area contributed by atoms with E-state index in [1.165, 1.54) is 36.6 Å². The zero-order valence-electron chi connectivity index (χ0n) is 21.1. The number of hydrogen-bond acceptors (Lipinski definition) is 10. The summed E-state index contributed by atoms with van der Waals surface area (Å²) >= 11 is 0. The van der Waals surface area contributed by atoms with Crippen molar-refractivity contribution in [2.75, 3.05) is 37.0 Å². The van der Waals surface area contributed by atoms with Crippen LogP contribution < -0.4 is 30.7 Å². The molecule has 206 valence electrons. The zero-order valence-corrected chi connectivity index (χ0v) is 21.1. The smallest absolute Gasteiger partial charge is 0.414 e.